The Bertz CT molecular complexity index is 226. The maximum atomic E-state index is 12.2. The first-order valence-corrected chi connectivity index (χ1v) is 6.02. The van der Waals surface area contributed by atoms with E-state index in [1.807, 2.05) is 18.7 Å². The van der Waals surface area contributed by atoms with Crippen molar-refractivity contribution < 1.29 is 4.79 Å². The highest BCUT2D eigenvalue weighted by atomic mass is 16.2. The third-order valence-electron chi connectivity index (χ3n) is 3.96. The fourth-order valence-corrected chi connectivity index (χ4v) is 2.16. The van der Waals surface area contributed by atoms with Gasteiger partial charge in [-0.25, -0.2) is 0 Å². The zero-order valence-corrected chi connectivity index (χ0v) is 10.4. The largest absolute Gasteiger partial charge is 0.341 e. The topological polar surface area (TPSA) is 46.3 Å². The van der Waals surface area contributed by atoms with Crippen LogP contribution in [0.5, 0.6) is 0 Å². The molecule has 2 atom stereocenters. The van der Waals surface area contributed by atoms with Crippen LogP contribution < -0.4 is 5.73 Å². The molecule has 0 bridgehead atoms. The van der Waals surface area contributed by atoms with Crippen LogP contribution in [0.15, 0.2) is 0 Å². The van der Waals surface area contributed by atoms with Crippen molar-refractivity contribution in [2.75, 3.05) is 13.1 Å². The van der Waals surface area contributed by atoms with Crippen LogP contribution in [0.25, 0.3) is 0 Å². The summed E-state index contributed by atoms with van der Waals surface area (Å²) < 4.78 is 0. The molecule has 0 aromatic rings. The lowest BCUT2D eigenvalue weighted by Crippen LogP contribution is -2.54. The lowest BCUT2D eigenvalue weighted by molar-refractivity contribution is -0.136. The molecule has 2 unspecified atom stereocenters. The number of carbonyl (C=O) groups excluding carboxylic acids is 1. The van der Waals surface area contributed by atoms with Crippen molar-refractivity contribution in [3.8, 4) is 0 Å². The van der Waals surface area contributed by atoms with Gasteiger partial charge in [0.15, 0.2) is 0 Å². The Morgan fingerprint density at radius 3 is 2.00 bits per heavy atom. The van der Waals surface area contributed by atoms with Gasteiger partial charge in [-0.2, -0.15) is 0 Å². The molecule has 1 aliphatic heterocycles. The van der Waals surface area contributed by atoms with Gasteiger partial charge in [-0.1, -0.05) is 27.7 Å². The highest BCUT2D eigenvalue weighted by Crippen LogP contribution is 2.25. The fourth-order valence-electron chi connectivity index (χ4n) is 2.16. The molecule has 0 aliphatic carbocycles. The number of carbonyl (C=O) groups is 1. The Labute approximate surface area is 93.0 Å². The zero-order chi connectivity index (χ0) is 11.6. The molecule has 15 heavy (non-hydrogen) atoms. The molecule has 0 saturated carbocycles. The van der Waals surface area contributed by atoms with E-state index in [4.69, 9.17) is 5.73 Å². The number of nitrogens with zero attached hydrogens (tertiary/aromatic N) is 1. The Kier molecular flexibility index (Phi) is 3.77. The van der Waals surface area contributed by atoms with Gasteiger partial charge in [-0.3, -0.25) is 4.79 Å². The van der Waals surface area contributed by atoms with Crippen molar-refractivity contribution in [1.29, 1.82) is 0 Å². The van der Waals surface area contributed by atoms with Gasteiger partial charge in [0.05, 0.1) is 5.54 Å². The molecule has 1 aliphatic rings. The van der Waals surface area contributed by atoms with Crippen molar-refractivity contribution in [3.05, 3.63) is 0 Å². The first-order valence-electron chi connectivity index (χ1n) is 6.02. The number of amides is 1. The Hall–Kier alpha value is -0.570. The molecule has 1 rings (SSSR count). The second-order valence-corrected chi connectivity index (χ2v) is 5.03. The third-order valence-corrected chi connectivity index (χ3v) is 3.96. The van der Waals surface area contributed by atoms with E-state index in [1.165, 1.54) is 0 Å². The van der Waals surface area contributed by atoms with Crippen LogP contribution in [0.3, 0.4) is 0 Å². The maximum absolute atomic E-state index is 12.2. The van der Waals surface area contributed by atoms with Gasteiger partial charge in [0.25, 0.3) is 0 Å². The van der Waals surface area contributed by atoms with Crippen LogP contribution in [-0.4, -0.2) is 29.4 Å². The summed E-state index contributed by atoms with van der Waals surface area (Å²) in [6, 6.07) is 0. The normalized spacial score (nSPS) is 27.1. The molecule has 0 aromatic heterocycles. The van der Waals surface area contributed by atoms with Crippen LogP contribution in [0, 0.1) is 11.8 Å². The minimum absolute atomic E-state index is 0.142. The lowest BCUT2D eigenvalue weighted by Gasteiger charge is -2.30. The highest BCUT2D eigenvalue weighted by molar-refractivity contribution is 5.86. The summed E-state index contributed by atoms with van der Waals surface area (Å²) in [6.07, 6.45) is 1.45. The second kappa shape index (κ2) is 4.52. The van der Waals surface area contributed by atoms with E-state index in [0.717, 1.165) is 25.9 Å². The van der Waals surface area contributed by atoms with Crippen LogP contribution in [-0.2, 0) is 4.79 Å². The van der Waals surface area contributed by atoms with Gasteiger partial charge in [-0.05, 0) is 24.7 Å². The van der Waals surface area contributed by atoms with E-state index < -0.39 is 5.54 Å². The summed E-state index contributed by atoms with van der Waals surface area (Å²) in [4.78, 5) is 14.2. The Balaban J connectivity index is 2.69. The van der Waals surface area contributed by atoms with E-state index in [-0.39, 0.29) is 5.91 Å². The number of rotatable bonds is 3. The van der Waals surface area contributed by atoms with Crippen molar-refractivity contribution >= 4 is 5.91 Å². The van der Waals surface area contributed by atoms with Gasteiger partial charge >= 0.3 is 0 Å². The molecular weight excluding hydrogens is 188 g/mol. The van der Waals surface area contributed by atoms with Gasteiger partial charge < -0.3 is 10.6 Å². The number of likely N-dealkylation sites (tertiary alicyclic amines) is 1. The zero-order valence-electron chi connectivity index (χ0n) is 10.4. The number of hydrogen-bond acceptors (Lipinski definition) is 2. The molecule has 0 spiro atoms. The van der Waals surface area contributed by atoms with E-state index in [9.17, 15) is 4.79 Å². The first-order chi connectivity index (χ1) is 6.94. The molecule has 1 fully saturated rings. The summed E-state index contributed by atoms with van der Waals surface area (Å²) in [5.41, 5.74) is 5.48. The van der Waals surface area contributed by atoms with Crippen molar-refractivity contribution in [1.82, 2.24) is 4.90 Å². The quantitative estimate of drug-likeness (QED) is 0.772. The predicted molar refractivity (Wildman–Crippen MR) is 62.4 cm³/mol. The van der Waals surface area contributed by atoms with Crippen molar-refractivity contribution in [3.63, 3.8) is 0 Å². The fraction of sp³-hybridized carbons (Fsp3) is 0.917. The first kappa shape index (κ1) is 12.5. The summed E-state index contributed by atoms with van der Waals surface area (Å²) >= 11 is 0. The third kappa shape index (κ3) is 2.33. The molecule has 3 heteroatoms. The molecule has 1 saturated heterocycles. The second-order valence-electron chi connectivity index (χ2n) is 5.03. The van der Waals surface area contributed by atoms with Crippen LogP contribution in [0.2, 0.25) is 0 Å². The van der Waals surface area contributed by atoms with Gasteiger partial charge in [0.1, 0.15) is 0 Å². The summed E-state index contributed by atoms with van der Waals surface area (Å²) in [7, 11) is 0. The Morgan fingerprint density at radius 2 is 1.67 bits per heavy atom. The van der Waals surface area contributed by atoms with Crippen molar-refractivity contribution in [2.45, 2.75) is 46.1 Å². The Morgan fingerprint density at radius 1 is 1.27 bits per heavy atom. The van der Waals surface area contributed by atoms with Crippen molar-refractivity contribution in [2.24, 2.45) is 17.6 Å². The van der Waals surface area contributed by atoms with Crippen LogP contribution >= 0.6 is 0 Å². The highest BCUT2D eigenvalue weighted by Gasteiger charge is 2.38. The van der Waals surface area contributed by atoms with Crippen LogP contribution in [0.1, 0.15) is 40.5 Å². The smallest absolute Gasteiger partial charge is 0.242 e. The van der Waals surface area contributed by atoms with Gasteiger partial charge in [0, 0.05) is 13.1 Å². The molecule has 0 radical (unpaired) electrons. The van der Waals surface area contributed by atoms with E-state index in [2.05, 4.69) is 13.8 Å². The lowest BCUT2D eigenvalue weighted by atomic mass is 9.92. The summed E-state index contributed by atoms with van der Waals surface area (Å²) in [6.45, 7) is 10.1. The molecule has 2 N–H and O–H groups in total. The molecular formula is C12H24N2O. The van der Waals surface area contributed by atoms with E-state index in [1.54, 1.807) is 0 Å². The average molecular weight is 212 g/mol. The SMILES string of the molecule is CCC(N)(CC)C(=O)N1CC(C)C(C)C1. The molecule has 0 aromatic carbocycles. The molecule has 3 nitrogen and oxygen atoms in total. The number of hydrogen-bond donors (Lipinski definition) is 1. The molecule has 1 heterocycles. The van der Waals surface area contributed by atoms with Gasteiger partial charge in [-0.15, -0.1) is 0 Å². The minimum Gasteiger partial charge on any atom is -0.341 e. The summed E-state index contributed by atoms with van der Waals surface area (Å²) in [5, 5.41) is 0. The van der Waals surface area contributed by atoms with Crippen LogP contribution in [0.4, 0.5) is 0 Å². The standard InChI is InChI=1S/C12H24N2O/c1-5-12(13,6-2)11(15)14-7-9(3)10(4)8-14/h9-10H,5-8,13H2,1-4H3. The summed E-state index contributed by atoms with van der Waals surface area (Å²) in [5.74, 6) is 1.35. The number of nitrogens with two attached hydrogens (primary N) is 1. The van der Waals surface area contributed by atoms with Gasteiger partial charge in [0.2, 0.25) is 5.91 Å². The molecule has 88 valence electrons. The average Bonchev–Trinajstić information content (AvgIpc) is 2.57. The molecule has 1 amide bonds. The monoisotopic (exact) mass is 212 g/mol. The maximum Gasteiger partial charge on any atom is 0.242 e. The minimum atomic E-state index is -0.635. The van der Waals surface area contributed by atoms with E-state index in [0.29, 0.717) is 11.8 Å². The van der Waals surface area contributed by atoms with E-state index >= 15 is 0 Å². The predicted octanol–water partition coefficient (Wildman–Crippen LogP) is 1.62.